The number of benzene rings is 1. The molecular weight excluding hydrogens is 223 g/mol. The van der Waals surface area contributed by atoms with E-state index in [0.717, 1.165) is 6.07 Å². The molecule has 2 amide bonds. The van der Waals surface area contributed by atoms with Crippen molar-refractivity contribution in [2.75, 3.05) is 5.32 Å². The van der Waals surface area contributed by atoms with E-state index in [0.29, 0.717) is 5.69 Å². The van der Waals surface area contributed by atoms with Crippen LogP contribution in [0.5, 0.6) is 0 Å². The fourth-order valence-electron chi connectivity index (χ4n) is 1.27. The molecule has 1 aromatic rings. The van der Waals surface area contributed by atoms with Crippen molar-refractivity contribution in [2.24, 2.45) is 5.73 Å². The number of halogens is 1. The first-order valence-corrected chi connectivity index (χ1v) is 5.11. The Morgan fingerprint density at radius 2 is 2.12 bits per heavy atom. The molecule has 5 nitrogen and oxygen atoms in total. The van der Waals surface area contributed by atoms with E-state index in [1.807, 2.05) is 13.8 Å². The molecule has 0 saturated carbocycles. The van der Waals surface area contributed by atoms with Gasteiger partial charge in [-0.25, -0.2) is 9.18 Å². The van der Waals surface area contributed by atoms with Crippen molar-refractivity contribution in [1.29, 1.82) is 5.41 Å². The zero-order chi connectivity index (χ0) is 13.0. The maximum absolute atomic E-state index is 13.0. The second-order valence-electron chi connectivity index (χ2n) is 3.86. The molecular formula is C11H15FN4O. The van der Waals surface area contributed by atoms with E-state index in [1.54, 1.807) is 0 Å². The summed E-state index contributed by atoms with van der Waals surface area (Å²) in [4.78, 5) is 11.5. The van der Waals surface area contributed by atoms with Crippen LogP contribution in [-0.4, -0.2) is 17.9 Å². The van der Waals surface area contributed by atoms with Gasteiger partial charge in [0, 0.05) is 11.6 Å². The summed E-state index contributed by atoms with van der Waals surface area (Å²) in [6.45, 7) is 3.63. The largest absolute Gasteiger partial charge is 0.384 e. The first kappa shape index (κ1) is 13.0. The lowest BCUT2D eigenvalue weighted by Crippen LogP contribution is -2.34. The summed E-state index contributed by atoms with van der Waals surface area (Å²) >= 11 is 0. The number of anilines is 1. The third-order valence-corrected chi connectivity index (χ3v) is 1.94. The first-order valence-electron chi connectivity index (χ1n) is 5.11. The van der Waals surface area contributed by atoms with Crippen LogP contribution in [0.4, 0.5) is 14.9 Å². The Morgan fingerprint density at radius 1 is 1.47 bits per heavy atom. The highest BCUT2D eigenvalue weighted by molar-refractivity contribution is 6.03. The summed E-state index contributed by atoms with van der Waals surface area (Å²) in [6, 6.07) is 3.22. The van der Waals surface area contributed by atoms with Gasteiger partial charge in [0.15, 0.2) is 0 Å². The van der Waals surface area contributed by atoms with E-state index in [4.69, 9.17) is 11.1 Å². The molecule has 0 heterocycles. The Hall–Kier alpha value is -2.11. The van der Waals surface area contributed by atoms with Gasteiger partial charge in [-0.05, 0) is 32.0 Å². The Morgan fingerprint density at radius 3 is 2.65 bits per heavy atom. The highest BCUT2D eigenvalue weighted by Gasteiger charge is 2.10. The predicted octanol–water partition coefficient (Wildman–Crippen LogP) is 1.64. The fraction of sp³-hybridized carbons (Fsp3) is 0.273. The summed E-state index contributed by atoms with van der Waals surface area (Å²) in [5.41, 5.74) is 5.76. The molecule has 0 aromatic heterocycles. The first-order chi connectivity index (χ1) is 7.90. The number of amidine groups is 1. The molecule has 0 atom stereocenters. The number of carbonyl (C=O) groups excluding carboxylic acids is 1. The number of carbonyl (C=O) groups is 1. The molecule has 0 fully saturated rings. The second-order valence-corrected chi connectivity index (χ2v) is 3.86. The molecule has 1 aromatic carbocycles. The van der Waals surface area contributed by atoms with Crippen molar-refractivity contribution < 1.29 is 9.18 Å². The van der Waals surface area contributed by atoms with Gasteiger partial charge < -0.3 is 16.4 Å². The molecule has 0 unspecified atom stereocenters. The highest BCUT2D eigenvalue weighted by Crippen LogP contribution is 2.16. The zero-order valence-corrected chi connectivity index (χ0v) is 9.67. The molecule has 0 aliphatic carbocycles. The lowest BCUT2D eigenvalue weighted by atomic mass is 10.1. The van der Waals surface area contributed by atoms with E-state index in [1.165, 1.54) is 12.1 Å². The van der Waals surface area contributed by atoms with E-state index in [2.05, 4.69) is 10.6 Å². The molecule has 0 radical (unpaired) electrons. The fourth-order valence-corrected chi connectivity index (χ4v) is 1.27. The number of amides is 2. The molecule has 17 heavy (non-hydrogen) atoms. The van der Waals surface area contributed by atoms with Gasteiger partial charge in [0.1, 0.15) is 11.7 Å². The number of urea groups is 1. The van der Waals surface area contributed by atoms with E-state index >= 15 is 0 Å². The Kier molecular flexibility index (Phi) is 4.03. The minimum absolute atomic E-state index is 0.0174. The van der Waals surface area contributed by atoms with Crippen LogP contribution in [0, 0.1) is 11.2 Å². The van der Waals surface area contributed by atoms with Gasteiger partial charge in [0.2, 0.25) is 0 Å². The van der Waals surface area contributed by atoms with Crippen LogP contribution in [0.3, 0.4) is 0 Å². The number of rotatable bonds is 3. The number of nitrogen functional groups attached to an aromatic ring is 1. The van der Waals surface area contributed by atoms with Crippen LogP contribution in [0.2, 0.25) is 0 Å². The maximum Gasteiger partial charge on any atom is 0.319 e. The highest BCUT2D eigenvalue weighted by atomic mass is 19.1. The van der Waals surface area contributed by atoms with Gasteiger partial charge in [0.25, 0.3) is 0 Å². The van der Waals surface area contributed by atoms with Crippen LogP contribution in [0.1, 0.15) is 19.4 Å². The average molecular weight is 238 g/mol. The minimum Gasteiger partial charge on any atom is -0.384 e. The molecule has 0 bridgehead atoms. The summed E-state index contributed by atoms with van der Waals surface area (Å²) in [5.74, 6) is -0.811. The third kappa shape index (κ3) is 3.75. The molecule has 0 aliphatic rings. The number of nitrogens with two attached hydrogens (primary N) is 1. The normalized spacial score (nSPS) is 10.1. The van der Waals surface area contributed by atoms with Crippen LogP contribution in [-0.2, 0) is 0 Å². The lowest BCUT2D eigenvalue weighted by molar-refractivity contribution is 0.250. The molecule has 1 rings (SSSR count). The van der Waals surface area contributed by atoms with E-state index < -0.39 is 11.8 Å². The van der Waals surface area contributed by atoms with Crippen molar-refractivity contribution in [2.45, 2.75) is 19.9 Å². The van der Waals surface area contributed by atoms with Gasteiger partial charge in [-0.3, -0.25) is 5.41 Å². The van der Waals surface area contributed by atoms with Gasteiger partial charge in [-0.2, -0.15) is 0 Å². The molecule has 92 valence electrons. The topological polar surface area (TPSA) is 91.0 Å². The molecule has 6 heteroatoms. The van der Waals surface area contributed by atoms with Crippen molar-refractivity contribution >= 4 is 17.6 Å². The SMILES string of the molecule is CC(C)NC(=O)Nc1ccc(F)cc1C(=N)N. The molecule has 0 spiro atoms. The van der Waals surface area contributed by atoms with Crippen LogP contribution in [0.15, 0.2) is 18.2 Å². The minimum atomic E-state index is -0.509. The van der Waals surface area contributed by atoms with Gasteiger partial charge in [-0.15, -0.1) is 0 Å². The summed E-state index contributed by atoms with van der Waals surface area (Å²) in [6.07, 6.45) is 0. The maximum atomic E-state index is 13.0. The van der Waals surface area contributed by atoms with E-state index in [-0.39, 0.29) is 17.4 Å². The quantitative estimate of drug-likeness (QED) is 0.476. The summed E-state index contributed by atoms with van der Waals surface area (Å²) < 4.78 is 13.0. The van der Waals surface area contributed by atoms with Crippen LogP contribution >= 0.6 is 0 Å². The van der Waals surface area contributed by atoms with Gasteiger partial charge in [-0.1, -0.05) is 0 Å². The van der Waals surface area contributed by atoms with E-state index in [9.17, 15) is 9.18 Å². The monoisotopic (exact) mass is 238 g/mol. The van der Waals surface area contributed by atoms with Crippen molar-refractivity contribution in [3.05, 3.63) is 29.6 Å². The predicted molar refractivity (Wildman–Crippen MR) is 64.7 cm³/mol. The van der Waals surface area contributed by atoms with Crippen LogP contribution < -0.4 is 16.4 Å². The van der Waals surface area contributed by atoms with Gasteiger partial charge in [0.05, 0.1) is 5.69 Å². The Balaban J connectivity index is 2.91. The average Bonchev–Trinajstić information content (AvgIpc) is 2.19. The second kappa shape index (κ2) is 5.29. The smallest absolute Gasteiger partial charge is 0.319 e. The van der Waals surface area contributed by atoms with Crippen molar-refractivity contribution in [3.63, 3.8) is 0 Å². The summed E-state index contributed by atoms with van der Waals surface area (Å²) in [5, 5.41) is 12.4. The molecule has 0 saturated heterocycles. The Labute approximate surface area is 98.7 Å². The molecule has 5 N–H and O–H groups in total. The van der Waals surface area contributed by atoms with Crippen LogP contribution in [0.25, 0.3) is 0 Å². The number of nitrogens with one attached hydrogen (secondary N) is 3. The van der Waals surface area contributed by atoms with Crippen molar-refractivity contribution in [1.82, 2.24) is 5.32 Å². The number of hydrogen-bond acceptors (Lipinski definition) is 2. The standard InChI is InChI=1S/C11H15FN4O/c1-6(2)15-11(17)16-9-4-3-7(12)5-8(9)10(13)14/h3-6H,1-2H3,(H3,13,14)(H2,15,16,17). The third-order valence-electron chi connectivity index (χ3n) is 1.94. The van der Waals surface area contributed by atoms with Crippen molar-refractivity contribution in [3.8, 4) is 0 Å². The summed E-state index contributed by atoms with van der Waals surface area (Å²) in [7, 11) is 0. The lowest BCUT2D eigenvalue weighted by Gasteiger charge is -2.12. The zero-order valence-electron chi connectivity index (χ0n) is 9.67. The van der Waals surface area contributed by atoms with Gasteiger partial charge >= 0.3 is 6.03 Å². The molecule has 0 aliphatic heterocycles. The number of hydrogen-bond donors (Lipinski definition) is 4. The Bertz CT molecular complexity index is 445.